The van der Waals surface area contributed by atoms with E-state index in [1.54, 1.807) is 50.2 Å². The molecule has 1 atom stereocenters. The zero-order chi connectivity index (χ0) is 23.7. The maximum absolute atomic E-state index is 12.9. The zero-order valence-corrected chi connectivity index (χ0v) is 18.7. The second kappa shape index (κ2) is 8.95. The molecule has 2 amide bonds. The Labute approximate surface area is 190 Å². The van der Waals surface area contributed by atoms with Crippen LogP contribution >= 0.6 is 0 Å². The Kier molecular flexibility index (Phi) is 6.06. The minimum Gasteiger partial charge on any atom is -0.460 e. The monoisotopic (exact) mass is 450 g/mol. The number of carbonyl (C=O) groups is 2. The number of furan rings is 1. The van der Waals surface area contributed by atoms with Crippen molar-refractivity contribution in [1.82, 2.24) is 15.2 Å². The number of carbonyl (C=O) groups excluding carboxylic acids is 2. The van der Waals surface area contributed by atoms with Crippen LogP contribution in [0.1, 0.15) is 44.2 Å². The summed E-state index contributed by atoms with van der Waals surface area (Å²) in [7, 11) is 1.57. The average molecular weight is 450 g/mol. The zero-order valence-electron chi connectivity index (χ0n) is 18.7. The van der Waals surface area contributed by atoms with Crippen LogP contribution < -0.4 is 10.1 Å². The molecule has 172 valence electrons. The molecule has 0 aliphatic carbocycles. The Morgan fingerprint density at radius 3 is 2.82 bits per heavy atom. The van der Waals surface area contributed by atoms with Crippen LogP contribution in [0, 0.1) is 19.3 Å². The Balaban J connectivity index is 1.63. The number of aromatic amines is 1. The molecule has 1 fully saturated rings. The van der Waals surface area contributed by atoms with Crippen LogP contribution in [0.3, 0.4) is 0 Å². The number of ether oxygens (including phenoxy) is 1. The molecule has 1 aliphatic heterocycles. The molecule has 0 saturated carbocycles. The largest absolute Gasteiger partial charge is 0.460 e. The molecule has 1 aliphatic rings. The lowest BCUT2D eigenvalue weighted by Crippen LogP contribution is -2.29. The summed E-state index contributed by atoms with van der Waals surface area (Å²) in [6, 6.07) is 5.16. The van der Waals surface area contributed by atoms with E-state index in [0.717, 1.165) is 6.21 Å². The fourth-order valence-electron chi connectivity index (χ4n) is 4.11. The van der Waals surface area contributed by atoms with Gasteiger partial charge in [0.05, 0.1) is 22.9 Å². The Morgan fingerprint density at radius 2 is 2.15 bits per heavy atom. The van der Waals surface area contributed by atoms with Gasteiger partial charge in [-0.1, -0.05) is 0 Å². The number of allylic oxidation sites excluding steroid dienone is 1. The maximum atomic E-state index is 12.9. The normalized spacial score (nSPS) is 16.3. The summed E-state index contributed by atoms with van der Waals surface area (Å²) in [4.78, 5) is 29.7. The van der Waals surface area contributed by atoms with Crippen molar-refractivity contribution in [3.8, 4) is 5.75 Å². The molecule has 3 heterocycles. The number of rotatable bonds is 6. The fourth-order valence-corrected chi connectivity index (χ4v) is 4.11. The number of likely N-dealkylation sites (tertiary alicyclic amines) is 1. The standard InChI is InChI=1S/C24H26N4O5/c1-13-18(24(31)28-9-7-15(29)12-28)11-27-22(13)19(6-8-25)33-16-4-5-17-20(10-16)32-14(2)21(17)23(30)26-3/h4-6,8,10-11,15,25,27,29H,7,9,12H2,1-3H3,(H,26,30)/b19-6+,25-8?. The van der Waals surface area contributed by atoms with Crippen LogP contribution in [0.4, 0.5) is 0 Å². The number of nitrogens with one attached hydrogen (secondary N) is 3. The summed E-state index contributed by atoms with van der Waals surface area (Å²) in [6.07, 6.45) is 4.29. The molecule has 4 N–H and O–H groups in total. The molecule has 2 aromatic heterocycles. The second-order valence-electron chi connectivity index (χ2n) is 7.97. The van der Waals surface area contributed by atoms with Crippen molar-refractivity contribution in [3.63, 3.8) is 0 Å². The first kappa shape index (κ1) is 22.3. The number of fused-ring (bicyclic) bond motifs is 1. The van der Waals surface area contributed by atoms with Crippen molar-refractivity contribution < 1.29 is 23.8 Å². The molecule has 0 bridgehead atoms. The number of aliphatic hydroxyl groups excluding tert-OH is 1. The molecule has 3 aromatic rings. The third kappa shape index (κ3) is 4.14. The highest BCUT2D eigenvalue weighted by Crippen LogP contribution is 2.31. The van der Waals surface area contributed by atoms with Gasteiger partial charge in [-0.05, 0) is 38.0 Å². The number of aliphatic hydroxyl groups is 1. The predicted octanol–water partition coefficient (Wildman–Crippen LogP) is 3.01. The van der Waals surface area contributed by atoms with Crippen molar-refractivity contribution >= 4 is 34.8 Å². The van der Waals surface area contributed by atoms with Gasteiger partial charge in [0.2, 0.25) is 0 Å². The molecule has 4 rings (SSSR count). The highest BCUT2D eigenvalue weighted by Gasteiger charge is 2.28. The number of β-amino-alcohol motifs (C(OH)–C–C–N with tert-alkyl or cyclic N) is 1. The molecule has 1 aromatic carbocycles. The molecule has 9 heteroatoms. The number of hydrogen-bond donors (Lipinski definition) is 4. The molecular weight excluding hydrogens is 424 g/mol. The quantitative estimate of drug-likeness (QED) is 0.339. The van der Waals surface area contributed by atoms with Gasteiger partial charge in [-0.3, -0.25) is 9.59 Å². The van der Waals surface area contributed by atoms with Crippen molar-refractivity contribution in [2.45, 2.75) is 26.4 Å². The van der Waals surface area contributed by atoms with Crippen molar-refractivity contribution in [3.05, 3.63) is 58.6 Å². The summed E-state index contributed by atoms with van der Waals surface area (Å²) in [5, 5.41) is 20.6. The number of aryl methyl sites for hydroxylation is 1. The van der Waals surface area contributed by atoms with Crippen LogP contribution in [0.15, 0.2) is 34.9 Å². The molecule has 33 heavy (non-hydrogen) atoms. The van der Waals surface area contributed by atoms with Crippen LogP contribution in [-0.2, 0) is 0 Å². The summed E-state index contributed by atoms with van der Waals surface area (Å²) in [6.45, 7) is 4.37. The van der Waals surface area contributed by atoms with Gasteiger partial charge in [0.1, 0.15) is 17.1 Å². The van der Waals surface area contributed by atoms with Gasteiger partial charge >= 0.3 is 0 Å². The Bertz CT molecular complexity index is 1270. The summed E-state index contributed by atoms with van der Waals surface area (Å²) < 4.78 is 11.8. The van der Waals surface area contributed by atoms with Crippen molar-refractivity contribution in [2.75, 3.05) is 20.1 Å². The van der Waals surface area contributed by atoms with E-state index < -0.39 is 6.10 Å². The molecule has 0 radical (unpaired) electrons. The number of H-pyrrole nitrogens is 1. The Morgan fingerprint density at radius 1 is 1.36 bits per heavy atom. The first-order valence-electron chi connectivity index (χ1n) is 10.6. The van der Waals surface area contributed by atoms with E-state index in [0.29, 0.717) is 70.1 Å². The number of amides is 2. The van der Waals surface area contributed by atoms with Gasteiger partial charge in [0.25, 0.3) is 11.8 Å². The van der Waals surface area contributed by atoms with Gasteiger partial charge in [0, 0.05) is 50.1 Å². The number of aromatic nitrogens is 1. The van der Waals surface area contributed by atoms with Crippen molar-refractivity contribution in [1.29, 1.82) is 5.41 Å². The van der Waals surface area contributed by atoms with E-state index in [1.165, 1.54) is 6.08 Å². The summed E-state index contributed by atoms with van der Waals surface area (Å²) >= 11 is 0. The van der Waals surface area contributed by atoms with Crippen LogP contribution in [-0.4, -0.2) is 59.3 Å². The molecule has 1 saturated heterocycles. The number of benzene rings is 1. The predicted molar refractivity (Wildman–Crippen MR) is 124 cm³/mol. The first-order chi connectivity index (χ1) is 15.8. The van der Waals surface area contributed by atoms with Gasteiger partial charge in [-0.2, -0.15) is 0 Å². The van der Waals surface area contributed by atoms with Crippen LogP contribution in [0.2, 0.25) is 0 Å². The topological polar surface area (TPSA) is 132 Å². The molecule has 1 unspecified atom stereocenters. The van der Waals surface area contributed by atoms with E-state index in [9.17, 15) is 14.7 Å². The number of hydrogen-bond acceptors (Lipinski definition) is 6. The molecular formula is C24H26N4O5. The minimum absolute atomic E-state index is 0.157. The lowest BCUT2D eigenvalue weighted by Gasteiger charge is -2.15. The first-order valence-corrected chi connectivity index (χ1v) is 10.6. The van der Waals surface area contributed by atoms with Gasteiger partial charge in [-0.25, -0.2) is 0 Å². The molecule has 9 nitrogen and oxygen atoms in total. The lowest BCUT2D eigenvalue weighted by atomic mass is 10.1. The van der Waals surface area contributed by atoms with E-state index in [-0.39, 0.29) is 11.8 Å². The Hall–Kier alpha value is -3.85. The van der Waals surface area contributed by atoms with E-state index in [4.69, 9.17) is 14.6 Å². The van der Waals surface area contributed by atoms with E-state index >= 15 is 0 Å². The number of nitrogens with zero attached hydrogens (tertiary/aromatic N) is 1. The lowest BCUT2D eigenvalue weighted by molar-refractivity contribution is 0.0764. The van der Waals surface area contributed by atoms with Gasteiger partial charge in [0.15, 0.2) is 5.76 Å². The van der Waals surface area contributed by atoms with Crippen LogP contribution in [0.5, 0.6) is 5.75 Å². The van der Waals surface area contributed by atoms with Gasteiger partial charge in [-0.15, -0.1) is 0 Å². The highest BCUT2D eigenvalue weighted by atomic mass is 16.5. The average Bonchev–Trinajstić information content (AvgIpc) is 3.48. The van der Waals surface area contributed by atoms with Gasteiger partial charge < -0.3 is 34.9 Å². The minimum atomic E-state index is -0.492. The van der Waals surface area contributed by atoms with E-state index in [2.05, 4.69) is 10.3 Å². The summed E-state index contributed by atoms with van der Waals surface area (Å²) in [5.74, 6) is 0.936. The second-order valence-corrected chi connectivity index (χ2v) is 7.97. The maximum Gasteiger partial charge on any atom is 0.255 e. The smallest absolute Gasteiger partial charge is 0.255 e. The van der Waals surface area contributed by atoms with Crippen LogP contribution in [0.25, 0.3) is 16.7 Å². The van der Waals surface area contributed by atoms with E-state index in [1.807, 2.05) is 0 Å². The fraction of sp³-hybridized carbons (Fsp3) is 0.292. The summed E-state index contributed by atoms with van der Waals surface area (Å²) in [5.41, 5.74) is 2.73. The molecule has 0 spiro atoms. The SMILES string of the molecule is CNC(=O)c1c(C)oc2cc(O/C(=C/C=N)c3[nH]cc(C(=O)N4CCC(O)C4)c3C)ccc12. The third-order valence-electron chi connectivity index (χ3n) is 5.82. The highest BCUT2D eigenvalue weighted by molar-refractivity contribution is 6.07. The third-order valence-corrected chi connectivity index (χ3v) is 5.82. The van der Waals surface area contributed by atoms with Crippen molar-refractivity contribution in [2.24, 2.45) is 0 Å².